The van der Waals surface area contributed by atoms with Crippen LogP contribution < -0.4 is 0 Å². The normalized spacial score (nSPS) is 14.4. The lowest BCUT2D eigenvalue weighted by Crippen LogP contribution is -2.30. The monoisotopic (exact) mass is 1430 g/mol. The fraction of sp³-hybridized carbons (Fsp3) is 0.899. The number of allylic oxidation sites excluding steroid dienone is 4. The van der Waals surface area contributed by atoms with Crippen LogP contribution in [-0.4, -0.2) is 96.7 Å². The van der Waals surface area contributed by atoms with Crippen LogP contribution in [0.1, 0.15) is 382 Å². The Morgan fingerprint density at radius 1 is 0.337 bits per heavy atom. The van der Waals surface area contributed by atoms with Crippen LogP contribution in [0.25, 0.3) is 0 Å². The molecule has 0 aromatic heterocycles. The van der Waals surface area contributed by atoms with E-state index < -0.39 is 97.5 Å². The fourth-order valence-corrected chi connectivity index (χ4v) is 13.1. The third-order valence-electron chi connectivity index (χ3n) is 18.1. The number of unbranched alkanes of at least 4 members (excludes halogenated alkanes) is 39. The molecule has 578 valence electrons. The Kier molecular flexibility index (Phi) is 67.2. The summed E-state index contributed by atoms with van der Waals surface area (Å²) in [4.78, 5) is 73.0. The maximum Gasteiger partial charge on any atom is 0.472 e. The molecule has 3 unspecified atom stereocenters. The van der Waals surface area contributed by atoms with Crippen LogP contribution >= 0.6 is 15.6 Å². The van der Waals surface area contributed by atoms with E-state index >= 15 is 0 Å². The highest BCUT2D eigenvalue weighted by molar-refractivity contribution is 7.47. The summed E-state index contributed by atoms with van der Waals surface area (Å²) in [5, 5.41) is 10.6. The summed E-state index contributed by atoms with van der Waals surface area (Å²) < 4.78 is 68.6. The summed E-state index contributed by atoms with van der Waals surface area (Å²) in [6.07, 6.45) is 58.9. The molecular weight excluding hydrogens is 1280 g/mol. The minimum absolute atomic E-state index is 0.100. The molecule has 0 heterocycles. The molecule has 0 fully saturated rings. The zero-order chi connectivity index (χ0) is 72.3. The highest BCUT2D eigenvalue weighted by Crippen LogP contribution is 2.45. The SMILES string of the molecule is CCCCCC/C=C\C=C/CCCCCCCC(=O)OC[C@H](COP(=O)(O)OC[C@@H](O)COP(=O)(O)OC[C@@H](COC(=O)CCCCCCCCCCCC(C)C)OC(=O)CCCCCCCCCCCCC(C)CC)OC(=O)CCCCCCCCCCCCCCCCC(C)C. The largest absolute Gasteiger partial charge is 0.472 e. The quantitative estimate of drug-likeness (QED) is 0.0169. The molecule has 98 heavy (non-hydrogen) atoms. The lowest BCUT2D eigenvalue weighted by molar-refractivity contribution is -0.161. The van der Waals surface area contributed by atoms with Crippen molar-refractivity contribution in [1.82, 2.24) is 0 Å². The lowest BCUT2D eigenvalue weighted by atomic mass is 9.99. The number of phosphoric acid groups is 2. The Balaban J connectivity index is 5.31. The van der Waals surface area contributed by atoms with Crippen LogP contribution in [0.15, 0.2) is 24.3 Å². The first kappa shape index (κ1) is 95.5. The molecule has 0 spiro atoms. The Morgan fingerprint density at radius 3 is 0.908 bits per heavy atom. The minimum Gasteiger partial charge on any atom is -0.462 e. The van der Waals surface area contributed by atoms with Crippen molar-refractivity contribution >= 4 is 39.5 Å². The topological polar surface area (TPSA) is 237 Å². The van der Waals surface area contributed by atoms with Gasteiger partial charge in [-0.3, -0.25) is 37.3 Å². The number of esters is 4. The average Bonchev–Trinajstić information content (AvgIpc) is 1.05. The molecule has 0 aliphatic rings. The third kappa shape index (κ3) is 70.6. The Hall–Kier alpha value is -2.46. The van der Waals surface area contributed by atoms with Crippen molar-refractivity contribution in [1.29, 1.82) is 0 Å². The second-order valence-electron chi connectivity index (χ2n) is 29.0. The van der Waals surface area contributed by atoms with Gasteiger partial charge in [0.2, 0.25) is 0 Å². The van der Waals surface area contributed by atoms with E-state index in [1.807, 2.05) is 0 Å². The van der Waals surface area contributed by atoms with E-state index in [2.05, 4.69) is 72.8 Å². The highest BCUT2D eigenvalue weighted by Gasteiger charge is 2.30. The van der Waals surface area contributed by atoms with Crippen molar-refractivity contribution in [3.8, 4) is 0 Å². The standard InChI is InChI=1S/C79H150O17P2/c1-8-10-11-12-13-14-15-16-17-21-24-32-39-46-53-60-76(81)89-66-74(95-78(83)62-55-48-41-33-25-22-19-18-20-23-29-36-43-50-57-70(3)4)68-93-97(85,86)91-64-73(80)65-92-98(87,88)94-69-75(67-90-77(82)61-54-47-40-35-28-30-37-44-51-58-71(5)6)96-79(84)63-56-49-42-34-27-26-31-38-45-52-59-72(7)9-2/h14-17,70-75,80H,8-13,18-69H2,1-7H3,(H,85,86)(H,87,88)/b15-14-,17-16-/t72?,73-,74-,75-/m1/s1. The maximum atomic E-state index is 13.1. The molecule has 0 radical (unpaired) electrons. The average molecular weight is 1430 g/mol. The molecule has 6 atom stereocenters. The summed E-state index contributed by atoms with van der Waals surface area (Å²) in [5.74, 6) is 0.193. The molecular formula is C79H150O17P2. The summed E-state index contributed by atoms with van der Waals surface area (Å²) >= 11 is 0. The number of aliphatic hydroxyl groups excluding tert-OH is 1. The van der Waals surface area contributed by atoms with Gasteiger partial charge < -0.3 is 33.8 Å². The van der Waals surface area contributed by atoms with Crippen molar-refractivity contribution in [3.63, 3.8) is 0 Å². The van der Waals surface area contributed by atoms with E-state index in [0.717, 1.165) is 127 Å². The first-order valence-corrected chi connectivity index (χ1v) is 43.2. The van der Waals surface area contributed by atoms with E-state index in [1.54, 1.807) is 0 Å². The molecule has 0 bridgehead atoms. The Morgan fingerprint density at radius 2 is 0.602 bits per heavy atom. The van der Waals surface area contributed by atoms with Gasteiger partial charge in [0, 0.05) is 25.7 Å². The van der Waals surface area contributed by atoms with Gasteiger partial charge in [0.1, 0.15) is 19.3 Å². The van der Waals surface area contributed by atoms with Gasteiger partial charge in [-0.15, -0.1) is 0 Å². The van der Waals surface area contributed by atoms with Crippen LogP contribution in [0, 0.1) is 17.8 Å². The van der Waals surface area contributed by atoms with Gasteiger partial charge in [0.15, 0.2) is 12.2 Å². The Bertz CT molecular complexity index is 2000. The minimum atomic E-state index is -4.97. The number of rotatable bonds is 75. The van der Waals surface area contributed by atoms with Gasteiger partial charge in [-0.2, -0.15) is 0 Å². The number of carbonyl (C=O) groups excluding carboxylic acids is 4. The van der Waals surface area contributed by atoms with Gasteiger partial charge in [-0.05, 0) is 69.1 Å². The second-order valence-corrected chi connectivity index (χ2v) is 31.9. The molecule has 0 aromatic carbocycles. The maximum absolute atomic E-state index is 13.1. The molecule has 0 saturated carbocycles. The van der Waals surface area contributed by atoms with Gasteiger partial charge in [-0.25, -0.2) is 9.13 Å². The van der Waals surface area contributed by atoms with Gasteiger partial charge in [0.05, 0.1) is 26.4 Å². The fourth-order valence-electron chi connectivity index (χ4n) is 11.6. The highest BCUT2D eigenvalue weighted by atomic mass is 31.2. The summed E-state index contributed by atoms with van der Waals surface area (Å²) in [7, 11) is -9.93. The van der Waals surface area contributed by atoms with Crippen molar-refractivity contribution < 1.29 is 80.2 Å². The summed E-state index contributed by atoms with van der Waals surface area (Å²) in [6.45, 7) is 11.9. The zero-order valence-corrected chi connectivity index (χ0v) is 65.5. The van der Waals surface area contributed by atoms with Gasteiger partial charge in [-0.1, -0.05) is 330 Å². The van der Waals surface area contributed by atoms with Crippen LogP contribution in [0.4, 0.5) is 0 Å². The number of ether oxygens (including phenoxy) is 4. The van der Waals surface area contributed by atoms with Crippen molar-refractivity contribution in [2.45, 2.75) is 401 Å². The molecule has 17 nitrogen and oxygen atoms in total. The van der Waals surface area contributed by atoms with Crippen LogP contribution in [-0.2, 0) is 65.4 Å². The molecule has 0 aromatic rings. The summed E-state index contributed by atoms with van der Waals surface area (Å²) in [6, 6.07) is 0. The lowest BCUT2D eigenvalue weighted by Gasteiger charge is -2.21. The molecule has 0 aliphatic carbocycles. The first-order chi connectivity index (χ1) is 47.3. The number of aliphatic hydroxyl groups is 1. The molecule has 0 amide bonds. The molecule has 3 N–H and O–H groups in total. The van der Waals surface area contributed by atoms with Crippen molar-refractivity contribution in [3.05, 3.63) is 24.3 Å². The van der Waals surface area contributed by atoms with E-state index in [-0.39, 0.29) is 25.7 Å². The number of phosphoric ester groups is 2. The van der Waals surface area contributed by atoms with Crippen molar-refractivity contribution in [2.24, 2.45) is 17.8 Å². The summed E-state index contributed by atoms with van der Waals surface area (Å²) in [5.41, 5.74) is 0. The van der Waals surface area contributed by atoms with Crippen LogP contribution in [0.5, 0.6) is 0 Å². The molecule has 0 saturated heterocycles. The Labute approximate surface area is 599 Å². The van der Waals surface area contributed by atoms with Crippen molar-refractivity contribution in [2.75, 3.05) is 39.6 Å². The van der Waals surface area contributed by atoms with E-state index in [0.29, 0.717) is 25.7 Å². The van der Waals surface area contributed by atoms with E-state index in [1.165, 1.54) is 173 Å². The van der Waals surface area contributed by atoms with Crippen LogP contribution in [0.2, 0.25) is 0 Å². The zero-order valence-electron chi connectivity index (χ0n) is 63.7. The van der Waals surface area contributed by atoms with Crippen LogP contribution in [0.3, 0.4) is 0 Å². The van der Waals surface area contributed by atoms with Gasteiger partial charge >= 0.3 is 39.5 Å². The van der Waals surface area contributed by atoms with Gasteiger partial charge in [0.25, 0.3) is 0 Å². The predicted octanol–water partition coefficient (Wildman–Crippen LogP) is 22.9. The smallest absolute Gasteiger partial charge is 0.462 e. The third-order valence-corrected chi connectivity index (χ3v) is 20.0. The molecule has 19 heteroatoms. The number of hydrogen-bond acceptors (Lipinski definition) is 15. The second kappa shape index (κ2) is 68.9. The molecule has 0 aliphatic heterocycles. The van der Waals surface area contributed by atoms with E-state index in [9.17, 15) is 43.2 Å². The van der Waals surface area contributed by atoms with E-state index in [4.69, 9.17) is 37.0 Å². The predicted molar refractivity (Wildman–Crippen MR) is 400 cm³/mol. The first-order valence-electron chi connectivity index (χ1n) is 40.2. The number of hydrogen-bond donors (Lipinski definition) is 3. The molecule has 0 rings (SSSR count). The number of carbonyl (C=O) groups is 4.